The molecule has 4 rings (SSSR count). The van der Waals surface area contributed by atoms with E-state index in [1.165, 1.54) is 5.56 Å². The molecule has 158 valence electrons. The monoisotopic (exact) mass is 426 g/mol. The van der Waals surface area contributed by atoms with Crippen molar-refractivity contribution in [3.05, 3.63) is 59.2 Å². The highest BCUT2D eigenvalue weighted by atomic mass is 35.5. The lowest BCUT2D eigenvalue weighted by Gasteiger charge is -2.30. The standard InChI is InChI=1S/C13H14ClNO2.C11H13NO/c1-13(2)6-9-5-8(11(16)7-14)3-4-10(9)15-12(13)17;1-11(2)7-8-5-3-4-6-9(8)12-10(11)13/h3-5H,6-7H2,1-2H3,(H,15,17);3-6H,7H2,1-2H3,(H,12,13). The van der Waals surface area contributed by atoms with E-state index >= 15 is 0 Å². The number of anilines is 2. The molecule has 0 spiro atoms. The van der Waals surface area contributed by atoms with Gasteiger partial charge < -0.3 is 10.6 Å². The van der Waals surface area contributed by atoms with Gasteiger partial charge in [0.05, 0.1) is 5.88 Å². The fourth-order valence-electron chi connectivity index (χ4n) is 3.60. The van der Waals surface area contributed by atoms with E-state index in [0.717, 1.165) is 23.4 Å². The van der Waals surface area contributed by atoms with Crippen molar-refractivity contribution < 1.29 is 14.4 Å². The highest BCUT2D eigenvalue weighted by Gasteiger charge is 2.34. The maximum Gasteiger partial charge on any atom is 0.230 e. The van der Waals surface area contributed by atoms with Crippen LogP contribution in [-0.4, -0.2) is 23.5 Å². The lowest BCUT2D eigenvalue weighted by Crippen LogP contribution is -2.37. The molecule has 0 atom stereocenters. The first-order valence-corrected chi connectivity index (χ1v) is 10.5. The van der Waals surface area contributed by atoms with Gasteiger partial charge in [0.25, 0.3) is 0 Å². The van der Waals surface area contributed by atoms with Gasteiger partial charge in [0.15, 0.2) is 5.78 Å². The van der Waals surface area contributed by atoms with Crippen molar-refractivity contribution in [2.75, 3.05) is 16.5 Å². The third-order valence-electron chi connectivity index (χ3n) is 5.56. The molecule has 2 heterocycles. The summed E-state index contributed by atoms with van der Waals surface area (Å²) < 4.78 is 0. The average Bonchev–Trinajstić information content (AvgIpc) is 2.69. The Balaban J connectivity index is 0.000000177. The highest BCUT2D eigenvalue weighted by Crippen LogP contribution is 2.34. The molecule has 0 unspecified atom stereocenters. The fraction of sp³-hybridized carbons (Fsp3) is 0.375. The Labute approximate surface area is 182 Å². The number of para-hydroxylation sites is 1. The van der Waals surface area contributed by atoms with Gasteiger partial charge in [0.2, 0.25) is 11.8 Å². The number of benzene rings is 2. The maximum absolute atomic E-state index is 11.8. The van der Waals surface area contributed by atoms with E-state index < -0.39 is 5.41 Å². The van der Waals surface area contributed by atoms with E-state index in [9.17, 15) is 14.4 Å². The van der Waals surface area contributed by atoms with Crippen LogP contribution in [0.25, 0.3) is 0 Å². The number of Topliss-reactive ketones (excluding diaryl/α,β-unsaturated/α-hetero) is 1. The van der Waals surface area contributed by atoms with E-state index in [2.05, 4.69) is 16.7 Å². The molecule has 0 saturated heterocycles. The molecule has 30 heavy (non-hydrogen) atoms. The molecule has 2 aliphatic rings. The summed E-state index contributed by atoms with van der Waals surface area (Å²) in [6, 6.07) is 13.2. The number of carbonyl (C=O) groups is 3. The Hall–Kier alpha value is -2.66. The molecule has 2 aliphatic heterocycles. The second kappa shape index (κ2) is 8.23. The van der Waals surface area contributed by atoms with Gasteiger partial charge in [-0.25, -0.2) is 0 Å². The summed E-state index contributed by atoms with van der Waals surface area (Å²) in [5.41, 5.74) is 3.87. The van der Waals surface area contributed by atoms with E-state index in [4.69, 9.17) is 11.6 Å². The summed E-state index contributed by atoms with van der Waals surface area (Å²) in [6.07, 6.45) is 1.46. The third kappa shape index (κ3) is 4.57. The van der Waals surface area contributed by atoms with Gasteiger partial charge in [-0.05, 0) is 48.2 Å². The lowest BCUT2D eigenvalue weighted by molar-refractivity contribution is -0.125. The Kier molecular flexibility index (Phi) is 6.04. The summed E-state index contributed by atoms with van der Waals surface area (Å²) >= 11 is 5.53. The quantitative estimate of drug-likeness (QED) is 0.533. The van der Waals surface area contributed by atoms with Crippen LogP contribution in [0, 0.1) is 10.8 Å². The average molecular weight is 427 g/mol. The van der Waals surface area contributed by atoms with E-state index in [1.807, 2.05) is 52.0 Å². The van der Waals surface area contributed by atoms with Crippen LogP contribution in [0.15, 0.2) is 42.5 Å². The van der Waals surface area contributed by atoms with Gasteiger partial charge in [0.1, 0.15) is 0 Å². The molecule has 0 aliphatic carbocycles. The fourth-order valence-corrected chi connectivity index (χ4v) is 3.76. The van der Waals surface area contributed by atoms with Crippen LogP contribution < -0.4 is 10.6 Å². The molecule has 0 fully saturated rings. The molecule has 5 nitrogen and oxygen atoms in total. The number of alkyl halides is 1. The number of carbonyl (C=O) groups excluding carboxylic acids is 3. The van der Waals surface area contributed by atoms with Crippen LogP contribution in [0.3, 0.4) is 0 Å². The smallest absolute Gasteiger partial charge is 0.230 e. The van der Waals surface area contributed by atoms with Crippen molar-refractivity contribution in [3.8, 4) is 0 Å². The van der Waals surface area contributed by atoms with E-state index in [-0.39, 0.29) is 28.9 Å². The van der Waals surface area contributed by atoms with Crippen LogP contribution in [0.2, 0.25) is 0 Å². The zero-order chi connectivity index (χ0) is 22.1. The second-order valence-corrected chi connectivity index (χ2v) is 9.38. The van der Waals surface area contributed by atoms with Crippen LogP contribution >= 0.6 is 11.6 Å². The van der Waals surface area contributed by atoms with Gasteiger partial charge in [-0.2, -0.15) is 0 Å². The summed E-state index contributed by atoms with van der Waals surface area (Å²) in [7, 11) is 0. The topological polar surface area (TPSA) is 75.3 Å². The van der Waals surface area contributed by atoms with Gasteiger partial charge in [-0.1, -0.05) is 45.9 Å². The van der Waals surface area contributed by atoms with Gasteiger partial charge in [-0.3, -0.25) is 14.4 Å². The zero-order valence-corrected chi connectivity index (χ0v) is 18.5. The SMILES string of the molecule is CC1(C)Cc2cc(C(=O)CCl)ccc2NC1=O.CC1(C)Cc2ccccc2NC1=O. The first-order chi connectivity index (χ1) is 14.0. The maximum atomic E-state index is 11.8. The summed E-state index contributed by atoms with van der Waals surface area (Å²) in [6.45, 7) is 7.72. The van der Waals surface area contributed by atoms with E-state index in [0.29, 0.717) is 12.0 Å². The molecule has 2 N–H and O–H groups in total. The molecule has 2 aromatic rings. The first-order valence-electron chi connectivity index (χ1n) is 9.96. The number of hydrogen-bond acceptors (Lipinski definition) is 3. The predicted octanol–water partition coefficient (Wildman–Crippen LogP) is 4.84. The Morgan fingerprint density at radius 2 is 1.40 bits per heavy atom. The first kappa shape index (κ1) is 22.0. The molecule has 2 aromatic carbocycles. The number of fused-ring (bicyclic) bond motifs is 2. The minimum Gasteiger partial charge on any atom is -0.325 e. The third-order valence-corrected chi connectivity index (χ3v) is 5.80. The Morgan fingerprint density at radius 1 is 0.867 bits per heavy atom. The van der Waals surface area contributed by atoms with E-state index in [1.54, 1.807) is 12.1 Å². The number of rotatable bonds is 2. The molecular formula is C24H27ClN2O3. The van der Waals surface area contributed by atoms with Crippen LogP contribution in [0.5, 0.6) is 0 Å². The summed E-state index contributed by atoms with van der Waals surface area (Å²) in [5.74, 6) is 0.0194. The molecule has 0 aromatic heterocycles. The zero-order valence-electron chi connectivity index (χ0n) is 17.8. The number of nitrogens with one attached hydrogen (secondary N) is 2. The van der Waals surface area contributed by atoms with Crippen LogP contribution in [0.4, 0.5) is 11.4 Å². The Morgan fingerprint density at radius 3 is 2.00 bits per heavy atom. The predicted molar refractivity (Wildman–Crippen MR) is 120 cm³/mol. The van der Waals surface area contributed by atoms with Crippen LogP contribution in [-0.2, 0) is 22.4 Å². The van der Waals surface area contributed by atoms with Crippen molar-refractivity contribution in [1.29, 1.82) is 0 Å². The number of amides is 2. The molecule has 0 radical (unpaired) electrons. The van der Waals surface area contributed by atoms with Gasteiger partial charge in [0, 0.05) is 27.8 Å². The second-order valence-electron chi connectivity index (χ2n) is 9.12. The molecule has 0 saturated carbocycles. The van der Waals surface area contributed by atoms with Crippen molar-refractivity contribution in [3.63, 3.8) is 0 Å². The van der Waals surface area contributed by atoms with Crippen molar-refractivity contribution in [2.45, 2.75) is 40.5 Å². The minimum atomic E-state index is -0.435. The largest absolute Gasteiger partial charge is 0.325 e. The minimum absolute atomic E-state index is 0.0152. The normalized spacial score (nSPS) is 18.0. The van der Waals surface area contributed by atoms with Gasteiger partial charge >= 0.3 is 0 Å². The van der Waals surface area contributed by atoms with Crippen molar-refractivity contribution >= 4 is 40.6 Å². The van der Waals surface area contributed by atoms with Gasteiger partial charge in [-0.15, -0.1) is 11.6 Å². The van der Waals surface area contributed by atoms with Crippen molar-refractivity contribution in [2.24, 2.45) is 10.8 Å². The highest BCUT2D eigenvalue weighted by molar-refractivity contribution is 6.30. The Bertz CT molecular complexity index is 1010. The number of hydrogen-bond donors (Lipinski definition) is 2. The van der Waals surface area contributed by atoms with Crippen LogP contribution in [0.1, 0.15) is 49.2 Å². The molecule has 0 bridgehead atoms. The number of ketones is 1. The van der Waals surface area contributed by atoms with Crippen molar-refractivity contribution in [1.82, 2.24) is 0 Å². The molecule has 6 heteroatoms. The molecular weight excluding hydrogens is 400 g/mol. The summed E-state index contributed by atoms with van der Waals surface area (Å²) in [4.78, 5) is 34.8. The number of halogens is 1. The lowest BCUT2D eigenvalue weighted by atomic mass is 9.81. The molecule has 2 amide bonds. The summed E-state index contributed by atoms with van der Waals surface area (Å²) in [5, 5.41) is 5.76.